The van der Waals surface area contributed by atoms with Gasteiger partial charge in [0.15, 0.2) is 5.82 Å². The first-order chi connectivity index (χ1) is 30.4. The van der Waals surface area contributed by atoms with Crippen LogP contribution in [0.5, 0.6) is 0 Å². The smallest absolute Gasteiger partial charge is 0.160 e. The molecule has 0 radical (unpaired) electrons. The maximum absolute atomic E-state index is 10.3. The Kier molecular flexibility index (Phi) is 8.53. The Balaban J connectivity index is 1.29. The third-order valence-electron chi connectivity index (χ3n) is 12.4. The molecule has 290 valence electrons. The largest absolute Gasteiger partial charge is 0.308 e. The van der Waals surface area contributed by atoms with Gasteiger partial charge < -0.3 is 4.57 Å². The molecule has 0 unspecified atom stereocenters. The van der Waals surface area contributed by atoms with Crippen LogP contribution in [0.4, 0.5) is 0 Å². The van der Waals surface area contributed by atoms with E-state index in [-0.39, 0.29) is 5.41 Å². The van der Waals surface area contributed by atoms with Gasteiger partial charge in [0.1, 0.15) is 0 Å². The van der Waals surface area contributed by atoms with Crippen LogP contribution >= 0.6 is 0 Å². The lowest BCUT2D eigenvalue weighted by molar-refractivity contribution is 0.666. The molecule has 0 fully saturated rings. The molecule has 0 atom stereocenters. The van der Waals surface area contributed by atoms with Crippen molar-refractivity contribution in [3.05, 3.63) is 210 Å². The van der Waals surface area contributed by atoms with E-state index in [1.54, 1.807) is 0 Å². The minimum absolute atomic E-state index is 0.254. The van der Waals surface area contributed by atoms with Crippen LogP contribution in [0.3, 0.4) is 0 Å². The lowest BCUT2D eigenvalue weighted by atomic mass is 9.80. The quantitative estimate of drug-likeness (QED) is 0.168. The fourth-order valence-electron chi connectivity index (χ4n) is 9.62. The zero-order chi connectivity index (χ0) is 42.0. The molecule has 0 saturated heterocycles. The molecule has 0 spiro atoms. The first-order valence-electron chi connectivity index (χ1n) is 20.8. The molecular weight excluding hydrogens is 755 g/mol. The number of fused-ring (bicyclic) bond motifs is 7. The van der Waals surface area contributed by atoms with E-state index in [1.807, 2.05) is 78.9 Å². The molecule has 10 aromatic rings. The number of nitriles is 2. The highest BCUT2D eigenvalue weighted by atomic mass is 15.0. The van der Waals surface area contributed by atoms with Gasteiger partial charge in [0.05, 0.1) is 51.4 Å². The molecule has 8 aromatic carbocycles. The van der Waals surface area contributed by atoms with E-state index in [4.69, 9.17) is 9.97 Å². The number of para-hydroxylation sites is 1. The minimum Gasteiger partial charge on any atom is -0.308 e. The molecular formula is C57H37N5. The van der Waals surface area contributed by atoms with Crippen molar-refractivity contribution in [1.82, 2.24) is 14.5 Å². The van der Waals surface area contributed by atoms with Crippen molar-refractivity contribution >= 4 is 21.8 Å². The first-order valence-corrected chi connectivity index (χ1v) is 20.8. The second kappa shape index (κ2) is 14.4. The number of nitrogens with zero attached hydrogens (tertiary/aromatic N) is 5. The minimum atomic E-state index is -0.254. The third kappa shape index (κ3) is 5.83. The predicted molar refractivity (Wildman–Crippen MR) is 251 cm³/mol. The molecule has 62 heavy (non-hydrogen) atoms. The van der Waals surface area contributed by atoms with Gasteiger partial charge >= 0.3 is 0 Å². The average molecular weight is 792 g/mol. The molecule has 5 heteroatoms. The highest BCUT2D eigenvalue weighted by Crippen LogP contribution is 2.54. The molecule has 1 aliphatic carbocycles. The van der Waals surface area contributed by atoms with E-state index in [0.717, 1.165) is 72.4 Å². The van der Waals surface area contributed by atoms with Crippen LogP contribution in [0.1, 0.15) is 36.1 Å². The summed E-state index contributed by atoms with van der Waals surface area (Å²) in [4.78, 5) is 10.6. The van der Waals surface area contributed by atoms with Gasteiger partial charge in [-0.2, -0.15) is 10.5 Å². The van der Waals surface area contributed by atoms with Crippen molar-refractivity contribution in [1.29, 1.82) is 10.5 Å². The molecule has 1 aliphatic rings. The second-order valence-corrected chi connectivity index (χ2v) is 16.4. The average Bonchev–Trinajstić information content (AvgIpc) is 3.79. The summed E-state index contributed by atoms with van der Waals surface area (Å²) in [5, 5.41) is 22.9. The molecule has 2 aromatic heterocycles. The number of hydrogen-bond acceptors (Lipinski definition) is 4. The van der Waals surface area contributed by atoms with Crippen LogP contribution in [0.2, 0.25) is 0 Å². The van der Waals surface area contributed by atoms with Crippen LogP contribution in [0.15, 0.2) is 188 Å². The zero-order valence-electron chi connectivity index (χ0n) is 34.1. The summed E-state index contributed by atoms with van der Waals surface area (Å²) in [7, 11) is 0. The van der Waals surface area contributed by atoms with Crippen molar-refractivity contribution in [2.24, 2.45) is 0 Å². The summed E-state index contributed by atoms with van der Waals surface area (Å²) < 4.78 is 2.40. The van der Waals surface area contributed by atoms with Crippen molar-refractivity contribution < 1.29 is 0 Å². The van der Waals surface area contributed by atoms with E-state index in [0.29, 0.717) is 17.0 Å². The summed E-state index contributed by atoms with van der Waals surface area (Å²) in [6.07, 6.45) is 0. The Morgan fingerprint density at radius 2 is 1.00 bits per heavy atom. The van der Waals surface area contributed by atoms with Crippen LogP contribution < -0.4 is 0 Å². The molecule has 11 rings (SSSR count). The Labute approximate surface area is 360 Å². The summed E-state index contributed by atoms with van der Waals surface area (Å²) in [5.41, 5.74) is 17.0. The maximum atomic E-state index is 10.3. The maximum Gasteiger partial charge on any atom is 0.160 e. The van der Waals surface area contributed by atoms with Gasteiger partial charge in [-0.15, -0.1) is 0 Å². The molecule has 0 saturated carbocycles. The lowest BCUT2D eigenvalue weighted by Gasteiger charge is -2.23. The van der Waals surface area contributed by atoms with Crippen molar-refractivity contribution in [2.75, 3.05) is 0 Å². The SMILES string of the molecule is CC1(C)c2ccccc2-c2ccc3c(c21)c1ccccc1n3-c1c(-c2cccc(C#N)c2)cc(-c2nc(-c3ccccc3)cc(-c3ccccc3)n2)cc1-c1cccc(C#N)c1. The van der Waals surface area contributed by atoms with E-state index >= 15 is 0 Å². The van der Waals surface area contributed by atoms with Crippen LogP contribution in [0, 0.1) is 22.7 Å². The van der Waals surface area contributed by atoms with Crippen LogP contribution in [-0.2, 0) is 5.41 Å². The second-order valence-electron chi connectivity index (χ2n) is 16.4. The first kappa shape index (κ1) is 36.7. The van der Waals surface area contributed by atoms with Crippen LogP contribution in [-0.4, -0.2) is 14.5 Å². The fraction of sp³-hybridized carbons (Fsp3) is 0.0526. The summed E-state index contributed by atoms with van der Waals surface area (Å²) in [6, 6.07) is 69.2. The molecule has 0 N–H and O–H groups in total. The molecule has 5 nitrogen and oxygen atoms in total. The van der Waals surface area contributed by atoms with Crippen molar-refractivity contribution in [2.45, 2.75) is 19.3 Å². The Morgan fingerprint density at radius 3 is 1.61 bits per heavy atom. The number of rotatable bonds is 6. The Bertz CT molecular complexity index is 3370. The summed E-state index contributed by atoms with van der Waals surface area (Å²) in [5.74, 6) is 0.562. The monoisotopic (exact) mass is 791 g/mol. The third-order valence-corrected chi connectivity index (χ3v) is 12.4. The topological polar surface area (TPSA) is 78.3 Å². The van der Waals surface area contributed by atoms with Gasteiger partial charge in [-0.25, -0.2) is 9.97 Å². The van der Waals surface area contributed by atoms with E-state index < -0.39 is 0 Å². The molecule has 2 heterocycles. The van der Waals surface area contributed by atoms with Gasteiger partial charge in [-0.05, 0) is 88.0 Å². The van der Waals surface area contributed by atoms with Gasteiger partial charge in [-0.1, -0.05) is 147 Å². The van der Waals surface area contributed by atoms with E-state index in [1.165, 1.54) is 27.6 Å². The lowest BCUT2D eigenvalue weighted by Crippen LogP contribution is -2.15. The standard InChI is InChI=1S/C57H37N5/c1-57(2)48-25-11-9-23-43(48)44-27-28-52-53(54(44)57)45-24-10-12-26-51(45)62(52)55-46(40-21-13-15-36(29-40)34-58)31-42(32-47(55)41-22-14-16-37(30-41)35-59)56-60-49(38-17-5-3-6-18-38)33-50(61-56)39-19-7-4-8-20-39/h3-33H,1-2H3. The normalized spacial score (nSPS) is 12.5. The highest BCUT2D eigenvalue weighted by Gasteiger charge is 2.38. The zero-order valence-corrected chi connectivity index (χ0v) is 34.1. The van der Waals surface area contributed by atoms with Gasteiger partial charge in [-0.3, -0.25) is 0 Å². The predicted octanol–water partition coefficient (Wildman–Crippen LogP) is 14.0. The molecule has 0 amide bonds. The van der Waals surface area contributed by atoms with Gasteiger partial charge in [0.25, 0.3) is 0 Å². The highest BCUT2D eigenvalue weighted by molar-refractivity contribution is 6.15. The number of hydrogen-bond donors (Lipinski definition) is 0. The van der Waals surface area contributed by atoms with E-state index in [9.17, 15) is 10.5 Å². The molecule has 0 bridgehead atoms. The van der Waals surface area contributed by atoms with Crippen LogP contribution in [0.25, 0.3) is 94.8 Å². The fourth-order valence-corrected chi connectivity index (χ4v) is 9.62. The Hall–Kier alpha value is -8.38. The Morgan fingerprint density at radius 1 is 0.452 bits per heavy atom. The van der Waals surface area contributed by atoms with Gasteiger partial charge in [0.2, 0.25) is 0 Å². The van der Waals surface area contributed by atoms with Crippen molar-refractivity contribution in [3.8, 4) is 85.1 Å². The summed E-state index contributed by atoms with van der Waals surface area (Å²) in [6.45, 7) is 4.67. The van der Waals surface area contributed by atoms with Crippen molar-refractivity contribution in [3.63, 3.8) is 0 Å². The molecule has 0 aliphatic heterocycles. The number of aromatic nitrogens is 3. The van der Waals surface area contributed by atoms with Gasteiger partial charge in [0, 0.05) is 44.0 Å². The van der Waals surface area contributed by atoms with E-state index in [2.05, 4.69) is 140 Å². The summed E-state index contributed by atoms with van der Waals surface area (Å²) >= 11 is 0. The number of benzene rings is 8.